The molecule has 0 aromatic heterocycles. The lowest BCUT2D eigenvalue weighted by atomic mass is 9.88. The van der Waals surface area contributed by atoms with Crippen LogP contribution < -0.4 is 5.73 Å². The molecule has 1 aliphatic carbocycles. The Balaban J connectivity index is 1.82. The second-order valence-corrected chi connectivity index (χ2v) is 4.44. The van der Waals surface area contributed by atoms with Gasteiger partial charge in [0.05, 0.1) is 0 Å². The summed E-state index contributed by atoms with van der Waals surface area (Å²) in [5.41, 5.74) is 6.47. The number of rotatable bonds is 2. The minimum absolute atomic E-state index is 0.278. The molecule has 2 aliphatic rings. The third-order valence-electron chi connectivity index (χ3n) is 3.68. The third kappa shape index (κ3) is 1.50. The smallest absolute Gasteiger partial charge is 0.0185 e. The fraction of sp³-hybridized carbons (Fsp3) is 1.00. The van der Waals surface area contributed by atoms with Crippen molar-refractivity contribution in [1.82, 2.24) is 4.90 Å². The molecule has 12 heavy (non-hydrogen) atoms. The molecule has 1 heterocycles. The first-order valence-electron chi connectivity index (χ1n) is 5.26. The second kappa shape index (κ2) is 3.00. The van der Waals surface area contributed by atoms with Crippen molar-refractivity contribution in [3.63, 3.8) is 0 Å². The summed E-state index contributed by atoms with van der Waals surface area (Å²) < 4.78 is 0. The molecule has 2 rings (SSSR count). The molecule has 2 nitrogen and oxygen atoms in total. The van der Waals surface area contributed by atoms with Gasteiger partial charge >= 0.3 is 0 Å². The molecule has 0 atom stereocenters. The largest absolute Gasteiger partial charge is 0.325 e. The van der Waals surface area contributed by atoms with Gasteiger partial charge in [0.1, 0.15) is 0 Å². The summed E-state index contributed by atoms with van der Waals surface area (Å²) >= 11 is 0. The topological polar surface area (TPSA) is 29.3 Å². The van der Waals surface area contributed by atoms with Gasteiger partial charge in [0.25, 0.3) is 0 Å². The molecular formula is C10H20N2. The number of nitrogens with two attached hydrogens (primary N) is 1. The molecular weight excluding hydrogens is 148 g/mol. The summed E-state index contributed by atoms with van der Waals surface area (Å²) in [5, 5.41) is 0. The van der Waals surface area contributed by atoms with Gasteiger partial charge in [-0.2, -0.15) is 0 Å². The normalized spacial score (nSPS) is 30.5. The number of piperidine rings is 1. The van der Waals surface area contributed by atoms with Crippen LogP contribution in [0.15, 0.2) is 0 Å². The average Bonchev–Trinajstić information content (AvgIpc) is 2.85. The Labute approximate surface area is 75.1 Å². The minimum atomic E-state index is 0.278. The lowest BCUT2D eigenvalue weighted by Crippen LogP contribution is -2.42. The fourth-order valence-electron chi connectivity index (χ4n) is 2.38. The van der Waals surface area contributed by atoms with Gasteiger partial charge in [0.2, 0.25) is 0 Å². The first-order valence-corrected chi connectivity index (χ1v) is 5.26. The Hall–Kier alpha value is -0.0800. The molecule has 0 unspecified atom stereocenters. The minimum Gasteiger partial charge on any atom is -0.325 e. The maximum absolute atomic E-state index is 6.19. The highest BCUT2D eigenvalue weighted by molar-refractivity contribution is 5.04. The molecule has 2 fully saturated rings. The van der Waals surface area contributed by atoms with Gasteiger partial charge in [-0.25, -0.2) is 0 Å². The third-order valence-corrected chi connectivity index (χ3v) is 3.68. The Morgan fingerprint density at radius 2 is 1.92 bits per heavy atom. The lowest BCUT2D eigenvalue weighted by Gasteiger charge is -2.34. The molecule has 1 aliphatic heterocycles. The maximum atomic E-state index is 6.19. The van der Waals surface area contributed by atoms with E-state index < -0.39 is 0 Å². The average molecular weight is 168 g/mol. The van der Waals surface area contributed by atoms with Crippen LogP contribution in [0.4, 0.5) is 0 Å². The van der Waals surface area contributed by atoms with E-state index >= 15 is 0 Å². The monoisotopic (exact) mass is 168 g/mol. The van der Waals surface area contributed by atoms with Crippen molar-refractivity contribution < 1.29 is 0 Å². The van der Waals surface area contributed by atoms with Crippen LogP contribution in [-0.2, 0) is 0 Å². The van der Waals surface area contributed by atoms with Crippen molar-refractivity contribution >= 4 is 0 Å². The molecule has 0 bridgehead atoms. The molecule has 2 heteroatoms. The molecule has 0 aromatic carbocycles. The van der Waals surface area contributed by atoms with Crippen LogP contribution in [0.2, 0.25) is 0 Å². The second-order valence-electron chi connectivity index (χ2n) is 4.44. The van der Waals surface area contributed by atoms with E-state index in [9.17, 15) is 0 Å². The van der Waals surface area contributed by atoms with Gasteiger partial charge < -0.3 is 10.6 Å². The van der Waals surface area contributed by atoms with Gasteiger partial charge in [0, 0.05) is 5.54 Å². The first-order chi connectivity index (χ1) is 5.74. The molecule has 0 aromatic rings. The van der Waals surface area contributed by atoms with Gasteiger partial charge in [-0.05, 0) is 51.2 Å². The van der Waals surface area contributed by atoms with Crippen molar-refractivity contribution in [2.45, 2.75) is 38.1 Å². The summed E-state index contributed by atoms with van der Waals surface area (Å²) in [6.45, 7) is 6.01. The zero-order valence-corrected chi connectivity index (χ0v) is 8.05. The number of nitrogens with zero attached hydrogens (tertiary/aromatic N) is 1. The summed E-state index contributed by atoms with van der Waals surface area (Å²) in [5.74, 6) is 0.834. The maximum Gasteiger partial charge on any atom is 0.0185 e. The Morgan fingerprint density at radius 1 is 1.33 bits per heavy atom. The van der Waals surface area contributed by atoms with Crippen molar-refractivity contribution in [2.75, 3.05) is 19.6 Å². The SMILES string of the molecule is CCN1CCC(C2(N)CC2)CC1. The predicted molar refractivity (Wildman–Crippen MR) is 51.0 cm³/mol. The van der Waals surface area contributed by atoms with E-state index in [1.807, 2.05) is 0 Å². The number of hydrogen-bond donors (Lipinski definition) is 1. The zero-order chi connectivity index (χ0) is 8.60. The van der Waals surface area contributed by atoms with E-state index in [1.165, 1.54) is 45.3 Å². The predicted octanol–water partition coefficient (Wildman–Crippen LogP) is 1.21. The van der Waals surface area contributed by atoms with E-state index in [2.05, 4.69) is 11.8 Å². The van der Waals surface area contributed by atoms with Crippen LogP contribution in [0.1, 0.15) is 32.6 Å². The summed E-state index contributed by atoms with van der Waals surface area (Å²) in [6, 6.07) is 0. The fourth-order valence-corrected chi connectivity index (χ4v) is 2.38. The molecule has 0 amide bonds. The molecule has 2 N–H and O–H groups in total. The van der Waals surface area contributed by atoms with Crippen LogP contribution in [0.25, 0.3) is 0 Å². The Bertz CT molecular complexity index is 155. The van der Waals surface area contributed by atoms with E-state index in [4.69, 9.17) is 5.73 Å². The lowest BCUT2D eigenvalue weighted by molar-refractivity contribution is 0.170. The molecule has 70 valence electrons. The van der Waals surface area contributed by atoms with Gasteiger partial charge in [0.15, 0.2) is 0 Å². The van der Waals surface area contributed by atoms with Crippen molar-refractivity contribution in [3.8, 4) is 0 Å². The van der Waals surface area contributed by atoms with Gasteiger partial charge in [-0.1, -0.05) is 6.92 Å². The highest BCUT2D eigenvalue weighted by Crippen LogP contribution is 2.44. The van der Waals surface area contributed by atoms with Crippen molar-refractivity contribution in [2.24, 2.45) is 11.7 Å². The molecule has 1 saturated heterocycles. The quantitative estimate of drug-likeness (QED) is 0.671. The highest BCUT2D eigenvalue weighted by atomic mass is 15.1. The summed E-state index contributed by atoms with van der Waals surface area (Å²) in [6.07, 6.45) is 5.24. The Morgan fingerprint density at radius 3 is 2.33 bits per heavy atom. The summed E-state index contributed by atoms with van der Waals surface area (Å²) in [4.78, 5) is 2.53. The van der Waals surface area contributed by atoms with Crippen LogP contribution in [0, 0.1) is 5.92 Å². The van der Waals surface area contributed by atoms with Crippen LogP contribution in [0.5, 0.6) is 0 Å². The highest BCUT2D eigenvalue weighted by Gasteiger charge is 2.45. The molecule has 1 saturated carbocycles. The van der Waals surface area contributed by atoms with E-state index in [-0.39, 0.29) is 5.54 Å². The summed E-state index contributed by atoms with van der Waals surface area (Å²) in [7, 11) is 0. The van der Waals surface area contributed by atoms with E-state index in [0.29, 0.717) is 0 Å². The Kier molecular flexibility index (Phi) is 2.13. The van der Waals surface area contributed by atoms with Gasteiger partial charge in [-0.3, -0.25) is 0 Å². The number of hydrogen-bond acceptors (Lipinski definition) is 2. The van der Waals surface area contributed by atoms with E-state index in [0.717, 1.165) is 5.92 Å². The standard InChI is InChI=1S/C10H20N2/c1-2-12-7-3-9(4-8-12)10(11)5-6-10/h9H,2-8,11H2,1H3. The molecule has 0 spiro atoms. The van der Waals surface area contributed by atoms with Crippen LogP contribution in [-0.4, -0.2) is 30.1 Å². The van der Waals surface area contributed by atoms with Gasteiger partial charge in [-0.15, -0.1) is 0 Å². The van der Waals surface area contributed by atoms with E-state index in [1.54, 1.807) is 0 Å². The van der Waals surface area contributed by atoms with Crippen LogP contribution in [0.3, 0.4) is 0 Å². The van der Waals surface area contributed by atoms with Crippen molar-refractivity contribution in [1.29, 1.82) is 0 Å². The number of likely N-dealkylation sites (tertiary alicyclic amines) is 1. The zero-order valence-electron chi connectivity index (χ0n) is 8.05. The van der Waals surface area contributed by atoms with Crippen molar-refractivity contribution in [3.05, 3.63) is 0 Å². The molecule has 0 radical (unpaired) electrons. The van der Waals surface area contributed by atoms with Crippen LogP contribution >= 0.6 is 0 Å². The first kappa shape index (κ1) is 8.52.